The van der Waals surface area contributed by atoms with Crippen LogP contribution in [0.3, 0.4) is 0 Å². The predicted molar refractivity (Wildman–Crippen MR) is 82.4 cm³/mol. The second-order valence-electron chi connectivity index (χ2n) is 5.17. The Hall–Kier alpha value is -2.40. The quantitative estimate of drug-likeness (QED) is 0.691. The van der Waals surface area contributed by atoms with Crippen molar-refractivity contribution >= 4 is 11.4 Å². The summed E-state index contributed by atoms with van der Waals surface area (Å²) in [6.07, 6.45) is 1.01. The topological polar surface area (TPSA) is 72.4 Å². The summed E-state index contributed by atoms with van der Waals surface area (Å²) < 4.78 is 0. The minimum Gasteiger partial charge on any atom is -0.363 e. The van der Waals surface area contributed by atoms with Crippen LogP contribution in [0.1, 0.15) is 17.2 Å². The number of hydrogen-bond donors (Lipinski definition) is 1. The molecule has 1 unspecified atom stereocenters. The molecule has 1 heterocycles. The molecule has 0 saturated carbocycles. The lowest BCUT2D eigenvalue weighted by atomic mass is 10.0. The molecular weight excluding hydrogens is 266 g/mol. The minimum absolute atomic E-state index is 0.0504. The van der Waals surface area contributed by atoms with Crippen LogP contribution in [-0.2, 0) is 6.42 Å². The number of nitro benzene ring substituents is 1. The van der Waals surface area contributed by atoms with Gasteiger partial charge in [-0.2, -0.15) is 0 Å². The Kier molecular flexibility index (Phi) is 3.58. The van der Waals surface area contributed by atoms with Crippen LogP contribution < -0.4 is 10.6 Å². The SMILES string of the molecule is NCC(c1ccc([N+](=O)[O-])cc1)N1CCc2ccccc21. The second-order valence-corrected chi connectivity index (χ2v) is 5.17. The summed E-state index contributed by atoms with van der Waals surface area (Å²) >= 11 is 0. The number of fused-ring (bicyclic) bond motifs is 1. The van der Waals surface area contributed by atoms with Crippen molar-refractivity contribution < 1.29 is 4.92 Å². The number of rotatable bonds is 4. The highest BCUT2D eigenvalue weighted by molar-refractivity contribution is 5.59. The van der Waals surface area contributed by atoms with E-state index < -0.39 is 0 Å². The zero-order valence-electron chi connectivity index (χ0n) is 11.6. The lowest BCUT2D eigenvalue weighted by molar-refractivity contribution is -0.384. The van der Waals surface area contributed by atoms with Gasteiger partial charge in [-0.1, -0.05) is 30.3 Å². The zero-order valence-corrected chi connectivity index (χ0v) is 11.6. The zero-order chi connectivity index (χ0) is 14.8. The number of nitrogens with zero attached hydrogens (tertiary/aromatic N) is 2. The van der Waals surface area contributed by atoms with Crippen LogP contribution in [0.2, 0.25) is 0 Å². The molecule has 0 amide bonds. The van der Waals surface area contributed by atoms with Gasteiger partial charge in [-0.15, -0.1) is 0 Å². The summed E-state index contributed by atoms with van der Waals surface area (Å²) in [5, 5.41) is 10.7. The molecule has 1 aliphatic rings. The fourth-order valence-corrected chi connectivity index (χ4v) is 2.95. The van der Waals surface area contributed by atoms with E-state index in [2.05, 4.69) is 17.0 Å². The normalized spacial score (nSPS) is 14.8. The Bertz CT molecular complexity index is 655. The first-order chi connectivity index (χ1) is 10.2. The number of hydrogen-bond acceptors (Lipinski definition) is 4. The molecule has 2 aromatic carbocycles. The number of non-ortho nitro benzene ring substituents is 1. The Morgan fingerprint density at radius 2 is 1.90 bits per heavy atom. The van der Waals surface area contributed by atoms with Gasteiger partial charge in [0.25, 0.3) is 5.69 Å². The molecule has 0 fully saturated rings. The van der Waals surface area contributed by atoms with Gasteiger partial charge in [0.15, 0.2) is 0 Å². The van der Waals surface area contributed by atoms with Gasteiger partial charge in [-0.05, 0) is 23.6 Å². The molecule has 108 valence electrons. The van der Waals surface area contributed by atoms with Crippen LogP contribution in [0.5, 0.6) is 0 Å². The molecular formula is C16H17N3O2. The molecule has 0 bridgehead atoms. The number of para-hydroxylation sites is 1. The maximum absolute atomic E-state index is 10.7. The van der Waals surface area contributed by atoms with Gasteiger partial charge in [0, 0.05) is 30.9 Å². The van der Waals surface area contributed by atoms with Crippen LogP contribution in [-0.4, -0.2) is 18.0 Å². The Morgan fingerprint density at radius 3 is 2.57 bits per heavy atom. The van der Waals surface area contributed by atoms with E-state index >= 15 is 0 Å². The molecule has 0 aromatic heterocycles. The summed E-state index contributed by atoms with van der Waals surface area (Å²) in [5.41, 5.74) is 9.63. The van der Waals surface area contributed by atoms with E-state index in [0.717, 1.165) is 18.5 Å². The van der Waals surface area contributed by atoms with Crippen LogP contribution >= 0.6 is 0 Å². The Balaban J connectivity index is 1.91. The third-order valence-electron chi connectivity index (χ3n) is 4.01. The molecule has 1 atom stereocenters. The van der Waals surface area contributed by atoms with Crippen LogP contribution in [0.15, 0.2) is 48.5 Å². The van der Waals surface area contributed by atoms with Crippen molar-refractivity contribution in [1.29, 1.82) is 0 Å². The predicted octanol–water partition coefficient (Wildman–Crippen LogP) is 2.66. The average Bonchev–Trinajstić information content (AvgIpc) is 2.93. The fourth-order valence-electron chi connectivity index (χ4n) is 2.95. The van der Waals surface area contributed by atoms with Crippen molar-refractivity contribution in [2.45, 2.75) is 12.5 Å². The third-order valence-corrected chi connectivity index (χ3v) is 4.01. The summed E-state index contributed by atoms with van der Waals surface area (Å²) in [6.45, 7) is 1.41. The van der Waals surface area contributed by atoms with Crippen molar-refractivity contribution in [1.82, 2.24) is 0 Å². The van der Waals surface area contributed by atoms with E-state index in [1.54, 1.807) is 24.3 Å². The van der Waals surface area contributed by atoms with Crippen LogP contribution in [0, 0.1) is 10.1 Å². The molecule has 0 radical (unpaired) electrons. The molecule has 2 N–H and O–H groups in total. The molecule has 2 aromatic rings. The first kappa shape index (κ1) is 13.6. The van der Waals surface area contributed by atoms with E-state index in [-0.39, 0.29) is 16.7 Å². The maximum Gasteiger partial charge on any atom is 0.269 e. The average molecular weight is 283 g/mol. The fraction of sp³-hybridized carbons (Fsp3) is 0.250. The summed E-state index contributed by atoms with van der Waals surface area (Å²) in [5.74, 6) is 0. The van der Waals surface area contributed by atoms with Gasteiger partial charge in [-0.25, -0.2) is 0 Å². The van der Waals surface area contributed by atoms with Crippen molar-refractivity contribution in [2.24, 2.45) is 5.73 Å². The number of nitro groups is 1. The highest BCUT2D eigenvalue weighted by atomic mass is 16.6. The molecule has 21 heavy (non-hydrogen) atoms. The van der Waals surface area contributed by atoms with Crippen molar-refractivity contribution in [3.63, 3.8) is 0 Å². The third kappa shape index (κ3) is 2.48. The monoisotopic (exact) mass is 283 g/mol. The molecule has 1 aliphatic heterocycles. The lowest BCUT2D eigenvalue weighted by Gasteiger charge is -2.29. The first-order valence-corrected chi connectivity index (χ1v) is 6.99. The first-order valence-electron chi connectivity index (χ1n) is 6.99. The number of benzene rings is 2. The van der Waals surface area contributed by atoms with Crippen molar-refractivity contribution in [3.05, 3.63) is 69.8 Å². The Labute approximate surface area is 123 Å². The standard InChI is InChI=1S/C16H17N3O2/c17-11-16(13-5-7-14(8-6-13)19(20)21)18-10-9-12-3-1-2-4-15(12)18/h1-8,16H,9-11,17H2. The van der Waals surface area contributed by atoms with Gasteiger partial charge in [-0.3, -0.25) is 10.1 Å². The molecule has 3 rings (SSSR count). The van der Waals surface area contributed by atoms with Gasteiger partial charge < -0.3 is 10.6 Å². The van der Waals surface area contributed by atoms with E-state index in [1.807, 2.05) is 12.1 Å². The van der Waals surface area contributed by atoms with Crippen molar-refractivity contribution in [3.8, 4) is 0 Å². The second kappa shape index (κ2) is 5.54. The Morgan fingerprint density at radius 1 is 1.19 bits per heavy atom. The minimum atomic E-state index is -0.383. The summed E-state index contributed by atoms with van der Waals surface area (Å²) in [6, 6.07) is 15.1. The number of anilines is 1. The lowest BCUT2D eigenvalue weighted by Crippen LogP contribution is -2.32. The molecule has 5 nitrogen and oxygen atoms in total. The van der Waals surface area contributed by atoms with E-state index in [9.17, 15) is 10.1 Å². The van der Waals surface area contributed by atoms with E-state index in [0.29, 0.717) is 6.54 Å². The highest BCUT2D eigenvalue weighted by Crippen LogP contribution is 2.34. The van der Waals surface area contributed by atoms with Gasteiger partial charge in [0.05, 0.1) is 11.0 Å². The maximum atomic E-state index is 10.7. The van der Waals surface area contributed by atoms with E-state index in [1.165, 1.54) is 11.3 Å². The van der Waals surface area contributed by atoms with Crippen LogP contribution in [0.25, 0.3) is 0 Å². The van der Waals surface area contributed by atoms with Gasteiger partial charge in [0.1, 0.15) is 0 Å². The smallest absolute Gasteiger partial charge is 0.269 e. The van der Waals surface area contributed by atoms with Gasteiger partial charge >= 0.3 is 0 Å². The molecule has 0 spiro atoms. The summed E-state index contributed by atoms with van der Waals surface area (Å²) in [4.78, 5) is 12.6. The molecule has 0 aliphatic carbocycles. The highest BCUT2D eigenvalue weighted by Gasteiger charge is 2.26. The van der Waals surface area contributed by atoms with Gasteiger partial charge in [0.2, 0.25) is 0 Å². The molecule has 5 heteroatoms. The van der Waals surface area contributed by atoms with Crippen LogP contribution in [0.4, 0.5) is 11.4 Å². The van der Waals surface area contributed by atoms with E-state index in [4.69, 9.17) is 5.73 Å². The summed E-state index contributed by atoms with van der Waals surface area (Å²) in [7, 11) is 0. The molecule has 0 saturated heterocycles. The number of nitrogens with two attached hydrogens (primary N) is 1. The largest absolute Gasteiger partial charge is 0.363 e. The van der Waals surface area contributed by atoms with Crippen molar-refractivity contribution in [2.75, 3.05) is 18.0 Å².